The molecule has 0 aromatic heterocycles. The van der Waals surface area contributed by atoms with Crippen molar-refractivity contribution in [1.82, 2.24) is 0 Å². The summed E-state index contributed by atoms with van der Waals surface area (Å²) in [6, 6.07) is 5.81. The molecule has 2 aliphatic rings. The van der Waals surface area contributed by atoms with Crippen LogP contribution in [0.3, 0.4) is 0 Å². The van der Waals surface area contributed by atoms with Gasteiger partial charge in [-0.1, -0.05) is 18.2 Å². The van der Waals surface area contributed by atoms with E-state index in [9.17, 15) is 13.2 Å². The molecule has 0 radical (unpaired) electrons. The average molecular weight is 373 g/mol. The molecule has 2 saturated carbocycles. The number of halogens is 3. The lowest BCUT2D eigenvalue weighted by atomic mass is 9.68. The summed E-state index contributed by atoms with van der Waals surface area (Å²) in [6.45, 7) is 0. The second kappa shape index (κ2) is 9.26. The van der Waals surface area contributed by atoms with Crippen molar-refractivity contribution >= 4 is 0 Å². The van der Waals surface area contributed by atoms with Gasteiger partial charge in [0.15, 0.2) is 17.5 Å². The van der Waals surface area contributed by atoms with Gasteiger partial charge < -0.3 is 0 Å². The maximum Gasteiger partial charge on any atom is 0.199 e. The van der Waals surface area contributed by atoms with E-state index in [-0.39, 0.29) is 0 Å². The highest BCUT2D eigenvalue weighted by atomic mass is 19.2. The van der Waals surface area contributed by atoms with Crippen molar-refractivity contribution < 1.29 is 13.2 Å². The van der Waals surface area contributed by atoms with Crippen LogP contribution in [0.2, 0.25) is 0 Å². The van der Waals surface area contributed by atoms with Crippen LogP contribution >= 0.6 is 0 Å². The summed E-state index contributed by atoms with van der Waals surface area (Å²) in [6.07, 6.45) is 13.9. The largest absolute Gasteiger partial charge is 0.204 e. The minimum absolute atomic E-state index is 0.345. The molecule has 0 atom stereocenters. The van der Waals surface area contributed by atoms with E-state index < -0.39 is 17.5 Å². The van der Waals surface area contributed by atoms with Crippen molar-refractivity contribution in [3.8, 4) is 6.07 Å². The van der Waals surface area contributed by atoms with E-state index in [2.05, 4.69) is 0 Å². The molecule has 3 rings (SSSR count). The quantitative estimate of drug-likeness (QED) is 0.413. The van der Waals surface area contributed by atoms with Crippen molar-refractivity contribution in [2.75, 3.05) is 0 Å². The van der Waals surface area contributed by atoms with Gasteiger partial charge in [-0.15, -0.1) is 0 Å². The lowest BCUT2D eigenvalue weighted by Crippen LogP contribution is -2.25. The van der Waals surface area contributed by atoms with E-state index in [0.29, 0.717) is 11.8 Å². The van der Waals surface area contributed by atoms with Crippen LogP contribution in [-0.4, -0.2) is 0 Å². The Bertz CT molecular complexity index is 730. The third kappa shape index (κ3) is 5.25. The smallest absolute Gasteiger partial charge is 0.199 e. The van der Waals surface area contributed by atoms with Gasteiger partial charge in [0.1, 0.15) is 6.07 Å². The normalized spacial score (nSPS) is 29.6. The SMILES string of the molecule is N#C/C(F)=C/C=C/C1CCC([C@H]2CC[C@H](c3ccc(F)c(F)c3)CC2)CC1. The molecule has 0 unspecified atom stereocenters. The second-order valence-corrected chi connectivity index (χ2v) is 7.97. The molecular weight excluding hydrogens is 347 g/mol. The summed E-state index contributed by atoms with van der Waals surface area (Å²) in [7, 11) is 0. The van der Waals surface area contributed by atoms with Crippen LogP contribution in [0.5, 0.6) is 0 Å². The number of hydrogen-bond acceptors (Lipinski definition) is 1. The predicted octanol–water partition coefficient (Wildman–Crippen LogP) is 6.98. The monoisotopic (exact) mass is 373 g/mol. The van der Waals surface area contributed by atoms with E-state index in [0.717, 1.165) is 55.9 Å². The van der Waals surface area contributed by atoms with Crippen molar-refractivity contribution in [3.63, 3.8) is 0 Å². The standard InChI is InChI=1S/C23H26F3N/c24-21(15-27)3-1-2-16-4-6-17(7-5-16)18-8-10-19(11-9-18)20-12-13-22(25)23(26)14-20/h1-3,12-14,16-19H,4-11H2/b2-1+,21-3-/t16?,17?,18-,19-. The van der Waals surface area contributed by atoms with Gasteiger partial charge in [0, 0.05) is 0 Å². The number of allylic oxidation sites excluding steroid dienone is 4. The zero-order valence-corrected chi connectivity index (χ0v) is 15.5. The first-order valence-electron chi connectivity index (χ1n) is 9.96. The summed E-state index contributed by atoms with van der Waals surface area (Å²) in [4.78, 5) is 0. The van der Waals surface area contributed by atoms with Gasteiger partial charge in [0.05, 0.1) is 0 Å². The Balaban J connectivity index is 1.46. The summed E-state index contributed by atoms with van der Waals surface area (Å²) >= 11 is 0. The molecule has 0 spiro atoms. The highest BCUT2D eigenvalue weighted by Gasteiger charge is 2.30. The van der Waals surface area contributed by atoms with Crippen LogP contribution in [0.4, 0.5) is 13.2 Å². The number of rotatable bonds is 4. The molecular formula is C23H26F3N. The number of nitriles is 1. The number of hydrogen-bond donors (Lipinski definition) is 0. The third-order valence-electron chi connectivity index (χ3n) is 6.40. The fourth-order valence-electron chi connectivity index (χ4n) is 4.83. The van der Waals surface area contributed by atoms with Crippen molar-refractivity contribution in [2.24, 2.45) is 17.8 Å². The van der Waals surface area contributed by atoms with Crippen molar-refractivity contribution in [1.29, 1.82) is 5.26 Å². The molecule has 1 aromatic rings. The molecule has 0 bridgehead atoms. The summed E-state index contributed by atoms with van der Waals surface area (Å²) in [5.41, 5.74) is 0.929. The zero-order chi connectivity index (χ0) is 19.2. The van der Waals surface area contributed by atoms with Gasteiger partial charge in [0.25, 0.3) is 0 Å². The Kier molecular flexibility index (Phi) is 6.77. The Morgan fingerprint density at radius 1 is 0.926 bits per heavy atom. The fraction of sp³-hybridized carbons (Fsp3) is 0.522. The average Bonchev–Trinajstić information content (AvgIpc) is 2.70. The van der Waals surface area contributed by atoms with E-state index >= 15 is 0 Å². The van der Waals surface area contributed by atoms with Gasteiger partial charge in [-0.3, -0.25) is 0 Å². The van der Waals surface area contributed by atoms with Gasteiger partial charge in [-0.05, 0) is 98.8 Å². The number of benzene rings is 1. The molecule has 0 aliphatic heterocycles. The van der Waals surface area contributed by atoms with E-state index in [1.165, 1.54) is 37.1 Å². The maximum atomic E-state index is 13.5. The van der Waals surface area contributed by atoms with Crippen molar-refractivity contribution in [2.45, 2.75) is 57.3 Å². The van der Waals surface area contributed by atoms with Crippen LogP contribution in [0.15, 0.2) is 42.3 Å². The third-order valence-corrected chi connectivity index (χ3v) is 6.40. The van der Waals surface area contributed by atoms with Crippen LogP contribution < -0.4 is 0 Å². The van der Waals surface area contributed by atoms with Gasteiger partial charge in [-0.2, -0.15) is 9.65 Å². The summed E-state index contributed by atoms with van der Waals surface area (Å²) in [5, 5.41) is 8.41. The van der Waals surface area contributed by atoms with E-state index in [4.69, 9.17) is 5.26 Å². The Morgan fingerprint density at radius 3 is 2.15 bits per heavy atom. The molecule has 1 aromatic carbocycles. The Hall–Kier alpha value is -2.02. The van der Waals surface area contributed by atoms with Crippen LogP contribution in [0.25, 0.3) is 0 Å². The molecule has 0 amide bonds. The first kappa shape index (κ1) is 19.7. The van der Waals surface area contributed by atoms with Gasteiger partial charge in [0.2, 0.25) is 0 Å². The molecule has 2 fully saturated rings. The molecule has 2 aliphatic carbocycles. The minimum Gasteiger partial charge on any atom is -0.204 e. The molecule has 0 N–H and O–H groups in total. The molecule has 1 nitrogen and oxygen atoms in total. The molecule has 144 valence electrons. The van der Waals surface area contributed by atoms with E-state index in [1.54, 1.807) is 12.1 Å². The lowest BCUT2D eigenvalue weighted by Gasteiger charge is -2.37. The summed E-state index contributed by atoms with van der Waals surface area (Å²) < 4.78 is 39.4. The fourth-order valence-corrected chi connectivity index (χ4v) is 4.83. The topological polar surface area (TPSA) is 23.8 Å². The van der Waals surface area contributed by atoms with Crippen molar-refractivity contribution in [3.05, 3.63) is 59.5 Å². The highest BCUT2D eigenvalue weighted by molar-refractivity contribution is 5.22. The lowest BCUT2D eigenvalue weighted by molar-refractivity contribution is 0.171. The zero-order valence-electron chi connectivity index (χ0n) is 15.5. The van der Waals surface area contributed by atoms with Crippen LogP contribution in [-0.2, 0) is 0 Å². The van der Waals surface area contributed by atoms with E-state index in [1.807, 2.05) is 6.08 Å². The first-order chi connectivity index (χ1) is 13.1. The predicted molar refractivity (Wildman–Crippen MR) is 100 cm³/mol. The molecule has 0 saturated heterocycles. The molecule has 0 heterocycles. The van der Waals surface area contributed by atoms with Gasteiger partial charge in [-0.25, -0.2) is 8.78 Å². The molecule has 4 heteroatoms. The van der Waals surface area contributed by atoms with Crippen LogP contribution in [0, 0.1) is 40.7 Å². The molecule has 27 heavy (non-hydrogen) atoms. The van der Waals surface area contributed by atoms with Crippen LogP contribution in [0.1, 0.15) is 62.8 Å². The van der Waals surface area contributed by atoms with Gasteiger partial charge >= 0.3 is 0 Å². The highest BCUT2D eigenvalue weighted by Crippen LogP contribution is 2.44. The maximum absolute atomic E-state index is 13.5. The Morgan fingerprint density at radius 2 is 1.56 bits per heavy atom. The second-order valence-electron chi connectivity index (χ2n) is 7.97. The first-order valence-corrected chi connectivity index (χ1v) is 9.96. The number of nitrogens with zero attached hydrogens (tertiary/aromatic N) is 1. The Labute approximate surface area is 159 Å². The summed E-state index contributed by atoms with van der Waals surface area (Å²) in [5.74, 6) is 0.0200. The minimum atomic E-state index is -0.774.